The topological polar surface area (TPSA) is 67.3 Å². The molecule has 2 aromatic carbocycles. The third kappa shape index (κ3) is 4.99. The van der Waals surface area contributed by atoms with Gasteiger partial charge in [0, 0.05) is 5.69 Å². The van der Waals surface area contributed by atoms with E-state index >= 15 is 0 Å². The summed E-state index contributed by atoms with van der Waals surface area (Å²) in [6, 6.07) is 17.9. The van der Waals surface area contributed by atoms with Crippen molar-refractivity contribution in [3.05, 3.63) is 70.2 Å². The van der Waals surface area contributed by atoms with Gasteiger partial charge < -0.3 is 10.1 Å². The molecule has 0 unspecified atom stereocenters. The fourth-order valence-corrected chi connectivity index (χ4v) is 4.39. The number of ether oxygens (including phenoxy) is 1. The van der Waals surface area contributed by atoms with Crippen molar-refractivity contribution >= 4 is 22.9 Å². The standard InChI is InChI=1S/C22H24N4O2S/c1-28-19-9-7-18(8-10-19)23-21(27)22-25-24-20(29-22)15-26-13-11-17(12-14-26)16-5-3-2-4-6-16/h2-10,17H,11-15H2,1H3,(H,23,27). The van der Waals surface area contributed by atoms with Crippen molar-refractivity contribution in [1.29, 1.82) is 0 Å². The van der Waals surface area contributed by atoms with Crippen LogP contribution in [-0.4, -0.2) is 41.2 Å². The number of aromatic nitrogens is 2. The van der Waals surface area contributed by atoms with Gasteiger partial charge in [-0.05, 0) is 61.7 Å². The second-order valence-electron chi connectivity index (χ2n) is 7.14. The smallest absolute Gasteiger partial charge is 0.286 e. The maximum Gasteiger partial charge on any atom is 0.286 e. The molecule has 1 saturated heterocycles. The predicted molar refractivity (Wildman–Crippen MR) is 115 cm³/mol. The van der Waals surface area contributed by atoms with Crippen molar-refractivity contribution in [2.24, 2.45) is 0 Å². The summed E-state index contributed by atoms with van der Waals surface area (Å²) in [7, 11) is 1.61. The number of piperidine rings is 1. The highest BCUT2D eigenvalue weighted by molar-refractivity contribution is 7.13. The molecule has 7 heteroatoms. The zero-order chi connectivity index (χ0) is 20.1. The average Bonchev–Trinajstić information content (AvgIpc) is 3.24. The first-order chi connectivity index (χ1) is 14.2. The van der Waals surface area contributed by atoms with Gasteiger partial charge in [0.15, 0.2) is 0 Å². The zero-order valence-electron chi connectivity index (χ0n) is 16.4. The average molecular weight is 409 g/mol. The largest absolute Gasteiger partial charge is 0.497 e. The molecule has 1 aliphatic heterocycles. The Morgan fingerprint density at radius 1 is 1.10 bits per heavy atom. The Morgan fingerprint density at radius 2 is 1.83 bits per heavy atom. The molecule has 3 aromatic rings. The fourth-order valence-electron chi connectivity index (χ4n) is 3.61. The van der Waals surface area contributed by atoms with Gasteiger partial charge in [0.2, 0.25) is 5.01 Å². The summed E-state index contributed by atoms with van der Waals surface area (Å²) in [5.41, 5.74) is 2.14. The first-order valence-corrected chi connectivity index (χ1v) is 10.6. The lowest BCUT2D eigenvalue weighted by atomic mass is 9.89. The van der Waals surface area contributed by atoms with E-state index in [-0.39, 0.29) is 5.91 Å². The minimum atomic E-state index is -0.235. The molecule has 0 atom stereocenters. The van der Waals surface area contributed by atoms with Crippen molar-refractivity contribution in [1.82, 2.24) is 15.1 Å². The molecular weight excluding hydrogens is 384 g/mol. The quantitative estimate of drug-likeness (QED) is 0.663. The molecule has 2 heterocycles. The van der Waals surface area contributed by atoms with E-state index in [0.29, 0.717) is 16.6 Å². The summed E-state index contributed by atoms with van der Waals surface area (Å²) in [5, 5.41) is 12.4. The van der Waals surface area contributed by atoms with Crippen LogP contribution in [-0.2, 0) is 6.54 Å². The van der Waals surface area contributed by atoms with Crippen LogP contribution in [0.15, 0.2) is 54.6 Å². The van der Waals surface area contributed by atoms with Crippen molar-refractivity contribution < 1.29 is 9.53 Å². The maximum absolute atomic E-state index is 12.4. The van der Waals surface area contributed by atoms with E-state index in [1.807, 2.05) is 0 Å². The molecule has 1 aliphatic rings. The Hall–Kier alpha value is -2.77. The summed E-state index contributed by atoms with van der Waals surface area (Å²) >= 11 is 1.36. The lowest BCUT2D eigenvalue weighted by molar-refractivity contribution is 0.102. The van der Waals surface area contributed by atoms with Crippen LogP contribution in [0.5, 0.6) is 5.75 Å². The molecule has 1 N–H and O–H groups in total. The first-order valence-electron chi connectivity index (χ1n) is 9.76. The van der Waals surface area contributed by atoms with Crippen LogP contribution in [0.3, 0.4) is 0 Å². The third-order valence-corrected chi connectivity index (χ3v) is 6.13. The minimum Gasteiger partial charge on any atom is -0.497 e. The predicted octanol–water partition coefficient (Wildman–Crippen LogP) is 4.18. The summed E-state index contributed by atoms with van der Waals surface area (Å²) in [6.07, 6.45) is 2.29. The Labute approximate surface area is 174 Å². The van der Waals surface area contributed by atoms with Crippen LogP contribution in [0.1, 0.15) is 39.1 Å². The number of benzene rings is 2. The van der Waals surface area contributed by atoms with Crippen LogP contribution >= 0.6 is 11.3 Å². The van der Waals surface area contributed by atoms with Crippen molar-refractivity contribution in [3.63, 3.8) is 0 Å². The molecule has 4 rings (SSSR count). The van der Waals surface area contributed by atoms with E-state index in [2.05, 4.69) is 50.7 Å². The number of nitrogens with one attached hydrogen (secondary N) is 1. The molecule has 6 nitrogen and oxygen atoms in total. The summed E-state index contributed by atoms with van der Waals surface area (Å²) in [5.74, 6) is 1.15. The zero-order valence-corrected chi connectivity index (χ0v) is 17.2. The number of methoxy groups -OCH3 is 1. The number of hydrogen-bond acceptors (Lipinski definition) is 6. The van der Waals surface area contributed by atoms with E-state index in [1.165, 1.54) is 16.9 Å². The lowest BCUT2D eigenvalue weighted by Crippen LogP contribution is -2.32. The molecule has 1 amide bonds. The normalized spacial score (nSPS) is 15.2. The molecule has 1 aromatic heterocycles. The molecule has 0 aliphatic carbocycles. The maximum atomic E-state index is 12.4. The lowest BCUT2D eigenvalue weighted by Gasteiger charge is -2.31. The van der Waals surface area contributed by atoms with Gasteiger partial charge in [-0.15, -0.1) is 10.2 Å². The second-order valence-corrected chi connectivity index (χ2v) is 8.21. The van der Waals surface area contributed by atoms with E-state index in [4.69, 9.17) is 4.74 Å². The van der Waals surface area contributed by atoms with Crippen molar-refractivity contribution in [2.75, 3.05) is 25.5 Å². The number of rotatable bonds is 6. The molecule has 1 fully saturated rings. The highest BCUT2D eigenvalue weighted by Crippen LogP contribution is 2.28. The SMILES string of the molecule is COc1ccc(NC(=O)c2nnc(CN3CCC(c4ccccc4)CC3)s2)cc1. The third-order valence-electron chi connectivity index (χ3n) is 5.23. The molecule has 0 bridgehead atoms. The Bertz CT molecular complexity index is 935. The molecular formula is C22H24N4O2S. The Kier molecular flexibility index (Phi) is 6.17. The van der Waals surface area contributed by atoms with Crippen LogP contribution in [0, 0.1) is 0 Å². The fraction of sp³-hybridized carbons (Fsp3) is 0.318. The molecule has 0 spiro atoms. The second kappa shape index (κ2) is 9.15. The molecule has 29 heavy (non-hydrogen) atoms. The van der Waals surface area contributed by atoms with Gasteiger partial charge in [-0.2, -0.15) is 0 Å². The number of amides is 1. The molecule has 0 saturated carbocycles. The van der Waals surface area contributed by atoms with Gasteiger partial charge in [0.25, 0.3) is 5.91 Å². The molecule has 0 radical (unpaired) electrons. The summed E-state index contributed by atoms with van der Waals surface area (Å²) in [6.45, 7) is 2.81. The Morgan fingerprint density at radius 3 is 2.52 bits per heavy atom. The number of likely N-dealkylation sites (tertiary alicyclic amines) is 1. The summed E-state index contributed by atoms with van der Waals surface area (Å²) < 4.78 is 5.13. The number of nitrogens with zero attached hydrogens (tertiary/aromatic N) is 3. The highest BCUT2D eigenvalue weighted by Gasteiger charge is 2.22. The number of carbonyl (C=O) groups is 1. The van der Waals surface area contributed by atoms with Gasteiger partial charge in [-0.3, -0.25) is 9.69 Å². The van der Waals surface area contributed by atoms with Gasteiger partial charge in [-0.1, -0.05) is 41.7 Å². The van der Waals surface area contributed by atoms with Gasteiger partial charge in [-0.25, -0.2) is 0 Å². The van der Waals surface area contributed by atoms with Crippen LogP contribution in [0.25, 0.3) is 0 Å². The van der Waals surface area contributed by atoms with Gasteiger partial charge >= 0.3 is 0 Å². The van der Waals surface area contributed by atoms with Crippen molar-refractivity contribution in [2.45, 2.75) is 25.3 Å². The number of carbonyl (C=O) groups excluding carboxylic acids is 1. The van der Waals surface area contributed by atoms with Gasteiger partial charge in [0.05, 0.1) is 13.7 Å². The first kappa shape index (κ1) is 19.5. The van der Waals surface area contributed by atoms with Crippen LogP contribution < -0.4 is 10.1 Å². The monoisotopic (exact) mass is 408 g/mol. The number of hydrogen-bond donors (Lipinski definition) is 1. The summed E-state index contributed by atoms with van der Waals surface area (Å²) in [4.78, 5) is 14.8. The molecule has 150 valence electrons. The van der Waals surface area contributed by atoms with E-state index in [9.17, 15) is 4.79 Å². The van der Waals surface area contributed by atoms with Gasteiger partial charge in [0.1, 0.15) is 10.8 Å². The van der Waals surface area contributed by atoms with E-state index in [1.54, 1.807) is 31.4 Å². The van der Waals surface area contributed by atoms with E-state index < -0.39 is 0 Å². The van der Waals surface area contributed by atoms with Crippen LogP contribution in [0.4, 0.5) is 5.69 Å². The minimum absolute atomic E-state index is 0.235. The van der Waals surface area contributed by atoms with Crippen molar-refractivity contribution in [3.8, 4) is 5.75 Å². The highest BCUT2D eigenvalue weighted by atomic mass is 32.1. The number of anilines is 1. The van der Waals surface area contributed by atoms with E-state index in [0.717, 1.165) is 43.2 Å². The van der Waals surface area contributed by atoms with Crippen LogP contribution in [0.2, 0.25) is 0 Å². The Balaban J connectivity index is 1.29.